The molecule has 2 aromatic carbocycles. The van der Waals surface area contributed by atoms with Crippen molar-refractivity contribution >= 4 is 49.6 Å². The Labute approximate surface area is 188 Å². The van der Waals surface area contributed by atoms with Crippen LogP contribution in [0.4, 0.5) is 28.6 Å². The van der Waals surface area contributed by atoms with Crippen LogP contribution in [0.15, 0.2) is 52.3 Å². The first kappa shape index (κ1) is 22.3. The highest BCUT2D eigenvalue weighted by Crippen LogP contribution is 2.39. The van der Waals surface area contributed by atoms with Crippen molar-refractivity contribution in [2.45, 2.75) is 4.90 Å². The monoisotopic (exact) mass is 488 g/mol. The molecule has 0 saturated carbocycles. The maximum Gasteiger partial charge on any atom is 0.307 e. The molecule has 2 N–H and O–H groups in total. The molecule has 4 rings (SSSR count). The number of sulfonamides is 1. The van der Waals surface area contributed by atoms with Crippen molar-refractivity contribution in [1.82, 2.24) is 20.3 Å². The summed E-state index contributed by atoms with van der Waals surface area (Å²) in [6.07, 6.45) is 2.61. The van der Waals surface area contributed by atoms with Crippen LogP contribution < -0.4 is 14.8 Å². The summed E-state index contributed by atoms with van der Waals surface area (Å²) >= 11 is 0. The molecule has 0 aliphatic rings. The molecule has 17 heteroatoms. The second kappa shape index (κ2) is 8.54. The third kappa shape index (κ3) is 4.09. The van der Waals surface area contributed by atoms with Crippen LogP contribution in [-0.2, 0) is 10.0 Å². The van der Waals surface area contributed by atoms with E-state index in [4.69, 9.17) is 4.74 Å². The molecule has 0 atom stereocenters. The zero-order chi connectivity index (χ0) is 24.5. The van der Waals surface area contributed by atoms with Crippen LogP contribution in [0.3, 0.4) is 0 Å². The molecule has 0 amide bonds. The zero-order valence-corrected chi connectivity index (χ0v) is 17.7. The molecule has 0 aliphatic carbocycles. The van der Waals surface area contributed by atoms with Crippen molar-refractivity contribution in [3.8, 4) is 5.88 Å². The SMILES string of the molecule is COc1nccnc1NS(=O)(=O)c1ccc(Nc2c([N+](=O)[O-])cc([N+](=O)[O-])c3nonc23)cc1. The Morgan fingerprint density at radius 2 is 1.62 bits per heavy atom. The molecule has 0 saturated heterocycles. The van der Waals surface area contributed by atoms with E-state index in [0.29, 0.717) is 0 Å². The van der Waals surface area contributed by atoms with Gasteiger partial charge in [-0.05, 0) is 34.6 Å². The molecular formula is C17H12N8O8S. The highest BCUT2D eigenvalue weighted by molar-refractivity contribution is 7.92. The Hall–Kier alpha value is -4.93. The number of anilines is 3. The number of hydrogen-bond acceptors (Lipinski definition) is 13. The molecule has 0 bridgehead atoms. The smallest absolute Gasteiger partial charge is 0.307 e. The van der Waals surface area contributed by atoms with Gasteiger partial charge in [-0.25, -0.2) is 23.0 Å². The Balaban J connectivity index is 1.67. The first-order valence-electron chi connectivity index (χ1n) is 9.04. The lowest BCUT2D eigenvalue weighted by Crippen LogP contribution is -2.15. The molecule has 34 heavy (non-hydrogen) atoms. The van der Waals surface area contributed by atoms with E-state index >= 15 is 0 Å². The molecular weight excluding hydrogens is 476 g/mol. The van der Waals surface area contributed by atoms with E-state index in [1.54, 1.807) is 0 Å². The van der Waals surface area contributed by atoms with Crippen LogP contribution in [-0.4, -0.2) is 45.7 Å². The van der Waals surface area contributed by atoms with Gasteiger partial charge in [-0.15, -0.1) is 0 Å². The molecule has 0 fully saturated rings. The predicted octanol–water partition coefficient (Wildman–Crippen LogP) is 2.38. The van der Waals surface area contributed by atoms with Crippen molar-refractivity contribution in [3.63, 3.8) is 0 Å². The molecule has 0 radical (unpaired) electrons. The number of rotatable bonds is 8. The Kier molecular flexibility index (Phi) is 5.60. The van der Waals surface area contributed by atoms with E-state index in [1.807, 2.05) is 0 Å². The first-order chi connectivity index (χ1) is 16.2. The van der Waals surface area contributed by atoms with Crippen LogP contribution in [0.2, 0.25) is 0 Å². The van der Waals surface area contributed by atoms with Crippen LogP contribution >= 0.6 is 0 Å². The van der Waals surface area contributed by atoms with Crippen molar-refractivity contribution < 1.29 is 27.6 Å². The van der Waals surface area contributed by atoms with Gasteiger partial charge in [0, 0.05) is 18.1 Å². The topological polar surface area (TPSA) is 218 Å². The molecule has 4 aromatic rings. The minimum atomic E-state index is -4.08. The number of hydrogen-bond donors (Lipinski definition) is 2. The van der Waals surface area contributed by atoms with Gasteiger partial charge in [0.15, 0.2) is 5.52 Å². The van der Waals surface area contributed by atoms with Crippen molar-refractivity contribution in [2.75, 3.05) is 17.1 Å². The van der Waals surface area contributed by atoms with Gasteiger partial charge in [-0.3, -0.25) is 25.0 Å². The third-order valence-electron chi connectivity index (χ3n) is 4.41. The van der Waals surface area contributed by atoms with Crippen LogP contribution in [0, 0.1) is 20.2 Å². The number of nitro groups is 2. The van der Waals surface area contributed by atoms with Gasteiger partial charge in [0.25, 0.3) is 15.9 Å². The normalized spacial score (nSPS) is 11.2. The summed E-state index contributed by atoms with van der Waals surface area (Å²) in [6.45, 7) is 0. The number of methoxy groups -OCH3 is 1. The first-order valence-corrected chi connectivity index (χ1v) is 10.5. The maximum absolute atomic E-state index is 12.7. The van der Waals surface area contributed by atoms with Gasteiger partial charge in [0.05, 0.1) is 27.9 Å². The van der Waals surface area contributed by atoms with Crippen LogP contribution in [0.25, 0.3) is 11.0 Å². The highest BCUT2D eigenvalue weighted by Gasteiger charge is 2.29. The summed E-state index contributed by atoms with van der Waals surface area (Å²) in [4.78, 5) is 28.7. The third-order valence-corrected chi connectivity index (χ3v) is 5.77. The van der Waals surface area contributed by atoms with E-state index in [-0.39, 0.29) is 39.0 Å². The number of non-ortho nitro benzene ring substituents is 1. The van der Waals surface area contributed by atoms with Crippen LogP contribution in [0.1, 0.15) is 0 Å². The van der Waals surface area contributed by atoms with Gasteiger partial charge in [-0.2, -0.15) is 0 Å². The molecule has 2 heterocycles. The lowest BCUT2D eigenvalue weighted by atomic mass is 10.2. The predicted molar refractivity (Wildman–Crippen MR) is 114 cm³/mol. The molecule has 16 nitrogen and oxygen atoms in total. The Morgan fingerprint density at radius 1 is 0.971 bits per heavy atom. The lowest BCUT2D eigenvalue weighted by Gasteiger charge is -2.11. The zero-order valence-electron chi connectivity index (χ0n) is 16.9. The highest BCUT2D eigenvalue weighted by atomic mass is 32.2. The van der Waals surface area contributed by atoms with Gasteiger partial charge < -0.3 is 10.1 Å². The summed E-state index contributed by atoms with van der Waals surface area (Å²) in [5.74, 6) is -0.144. The Bertz CT molecular complexity index is 1520. The number of fused-ring (bicyclic) bond motifs is 1. The number of nitrogens with one attached hydrogen (secondary N) is 2. The minimum Gasteiger partial charge on any atom is -0.478 e. The standard InChI is InChI=1S/C17H12N8O8S/c1-32-17-16(18-6-7-19-17)23-34(30,31)10-4-2-9(3-5-10)20-13-11(24(26)27)8-12(25(28)29)14-15(13)22-33-21-14/h2-8,20H,1H3,(H,18,23). The summed E-state index contributed by atoms with van der Waals surface area (Å²) in [7, 11) is -2.77. The maximum atomic E-state index is 12.7. The fourth-order valence-electron chi connectivity index (χ4n) is 2.91. The summed E-state index contributed by atoms with van der Waals surface area (Å²) in [5.41, 5.74) is -1.83. The number of benzene rings is 2. The quantitative estimate of drug-likeness (QED) is 0.269. The van der Waals surface area contributed by atoms with E-state index in [9.17, 15) is 28.6 Å². The number of aromatic nitrogens is 4. The Morgan fingerprint density at radius 3 is 2.26 bits per heavy atom. The van der Waals surface area contributed by atoms with Crippen molar-refractivity contribution in [2.24, 2.45) is 0 Å². The van der Waals surface area contributed by atoms with E-state index in [0.717, 1.165) is 6.07 Å². The molecule has 2 aromatic heterocycles. The average Bonchev–Trinajstić information content (AvgIpc) is 3.29. The fraction of sp³-hybridized carbons (Fsp3) is 0.0588. The van der Waals surface area contributed by atoms with E-state index < -0.39 is 31.2 Å². The second-order valence-electron chi connectivity index (χ2n) is 6.43. The molecule has 174 valence electrons. The number of nitrogens with zero attached hydrogens (tertiary/aromatic N) is 6. The number of nitro benzene ring substituents is 2. The average molecular weight is 488 g/mol. The van der Waals surface area contributed by atoms with Gasteiger partial charge >= 0.3 is 11.4 Å². The largest absolute Gasteiger partial charge is 0.478 e. The lowest BCUT2D eigenvalue weighted by molar-refractivity contribution is -0.392. The fourth-order valence-corrected chi connectivity index (χ4v) is 3.92. The second-order valence-corrected chi connectivity index (χ2v) is 8.12. The van der Waals surface area contributed by atoms with Gasteiger partial charge in [-0.1, -0.05) is 0 Å². The number of ether oxygens (including phenoxy) is 1. The van der Waals surface area contributed by atoms with E-state index in [2.05, 4.69) is 34.9 Å². The summed E-state index contributed by atoms with van der Waals surface area (Å²) < 4.78 is 37.1. The van der Waals surface area contributed by atoms with Crippen molar-refractivity contribution in [1.29, 1.82) is 0 Å². The summed E-state index contributed by atoms with van der Waals surface area (Å²) in [6, 6.07) is 5.83. The van der Waals surface area contributed by atoms with Gasteiger partial charge in [0.1, 0.15) is 5.69 Å². The molecule has 0 spiro atoms. The van der Waals surface area contributed by atoms with Crippen molar-refractivity contribution in [3.05, 3.63) is 63.0 Å². The minimum absolute atomic E-state index is 0.0277. The molecule has 0 aliphatic heterocycles. The van der Waals surface area contributed by atoms with Crippen LogP contribution in [0.5, 0.6) is 5.88 Å². The molecule has 0 unspecified atom stereocenters. The summed E-state index contributed by atoms with van der Waals surface area (Å²) in [5, 5.41) is 32.4. The van der Waals surface area contributed by atoms with Gasteiger partial charge in [0.2, 0.25) is 11.3 Å². The van der Waals surface area contributed by atoms with E-state index in [1.165, 1.54) is 43.8 Å².